The number of fused-ring (bicyclic) bond motifs is 1. The van der Waals surface area contributed by atoms with Gasteiger partial charge in [0, 0.05) is 23.1 Å². The monoisotopic (exact) mass is 389 g/mol. The van der Waals surface area contributed by atoms with E-state index in [1.54, 1.807) is 11.8 Å². The van der Waals surface area contributed by atoms with Crippen molar-refractivity contribution in [2.45, 2.75) is 31.1 Å². The number of H-pyrrole nitrogens is 1. The van der Waals surface area contributed by atoms with Crippen LogP contribution >= 0.6 is 23.1 Å². The van der Waals surface area contributed by atoms with E-state index in [-0.39, 0.29) is 0 Å². The smallest absolute Gasteiger partial charge is 0.221 e. The molecule has 1 unspecified atom stereocenters. The minimum atomic E-state index is -0.949. The highest BCUT2D eigenvalue weighted by molar-refractivity contribution is 7.99. The van der Waals surface area contributed by atoms with Crippen LogP contribution in [-0.2, 0) is 6.42 Å². The molecule has 26 heavy (non-hydrogen) atoms. The first-order valence-electron chi connectivity index (χ1n) is 8.44. The first-order chi connectivity index (χ1) is 12.7. The second kappa shape index (κ2) is 7.65. The van der Waals surface area contributed by atoms with Crippen molar-refractivity contribution in [3.8, 4) is 16.3 Å². The van der Waals surface area contributed by atoms with Gasteiger partial charge in [-0.2, -0.15) is 4.98 Å². The molecule has 2 aromatic heterocycles. The van der Waals surface area contributed by atoms with Crippen LogP contribution in [0.1, 0.15) is 30.8 Å². The van der Waals surface area contributed by atoms with Crippen LogP contribution in [-0.4, -0.2) is 37.6 Å². The number of thioether (sulfide) groups is 1. The molecule has 3 aromatic rings. The van der Waals surface area contributed by atoms with Crippen molar-refractivity contribution >= 4 is 29.0 Å². The van der Waals surface area contributed by atoms with Gasteiger partial charge in [-0.05, 0) is 30.2 Å². The van der Waals surface area contributed by atoms with Gasteiger partial charge in [0.15, 0.2) is 6.23 Å². The summed E-state index contributed by atoms with van der Waals surface area (Å²) in [6.07, 6.45) is 1.03. The Balaban J connectivity index is 1.44. The fourth-order valence-electron chi connectivity index (χ4n) is 2.64. The van der Waals surface area contributed by atoms with E-state index < -0.39 is 6.23 Å². The minimum Gasteiger partial charge on any atom is -0.493 e. The molecular formula is C17H19N5O2S2. The highest BCUT2D eigenvalue weighted by atomic mass is 32.2. The van der Waals surface area contributed by atoms with Gasteiger partial charge >= 0.3 is 0 Å². The van der Waals surface area contributed by atoms with Gasteiger partial charge < -0.3 is 15.2 Å². The van der Waals surface area contributed by atoms with E-state index in [0.29, 0.717) is 16.8 Å². The van der Waals surface area contributed by atoms with Crippen molar-refractivity contribution < 1.29 is 9.84 Å². The average molecular weight is 390 g/mol. The highest BCUT2D eigenvalue weighted by Crippen LogP contribution is 2.32. The zero-order valence-electron chi connectivity index (χ0n) is 14.2. The van der Waals surface area contributed by atoms with Gasteiger partial charge in [-0.15, -0.1) is 16.4 Å². The van der Waals surface area contributed by atoms with Crippen molar-refractivity contribution in [1.29, 1.82) is 0 Å². The number of anilines is 1. The predicted molar refractivity (Wildman–Crippen MR) is 103 cm³/mol. The molecule has 3 N–H and O–H groups in total. The van der Waals surface area contributed by atoms with Crippen molar-refractivity contribution in [2.24, 2.45) is 0 Å². The minimum absolute atomic E-state index is 0.431. The summed E-state index contributed by atoms with van der Waals surface area (Å²) in [6.45, 7) is 2.84. The summed E-state index contributed by atoms with van der Waals surface area (Å²) in [5, 5.41) is 23.6. The lowest BCUT2D eigenvalue weighted by molar-refractivity contribution is 0.203. The van der Waals surface area contributed by atoms with Gasteiger partial charge in [0.05, 0.1) is 6.61 Å². The van der Waals surface area contributed by atoms with Gasteiger partial charge in [-0.25, -0.2) is 10.1 Å². The van der Waals surface area contributed by atoms with Crippen LogP contribution in [0.15, 0.2) is 28.7 Å². The van der Waals surface area contributed by atoms with Gasteiger partial charge in [0.25, 0.3) is 0 Å². The maximum absolute atomic E-state index is 10.4. The topological polar surface area (TPSA) is 96.0 Å². The summed E-state index contributed by atoms with van der Waals surface area (Å²) in [4.78, 5) is 8.86. The molecule has 0 amide bonds. The van der Waals surface area contributed by atoms with Crippen LogP contribution in [0, 0.1) is 0 Å². The average Bonchev–Trinajstić information content (AvgIpc) is 3.39. The molecule has 1 aliphatic rings. The number of nitrogens with one attached hydrogen (secondary N) is 2. The highest BCUT2D eigenvalue weighted by Gasteiger charge is 2.17. The van der Waals surface area contributed by atoms with Crippen molar-refractivity contribution in [3.63, 3.8) is 0 Å². The Morgan fingerprint density at radius 2 is 2.35 bits per heavy atom. The Hall–Kier alpha value is -2.10. The summed E-state index contributed by atoms with van der Waals surface area (Å²) in [6, 6.07) is 6.09. The third-order valence-electron chi connectivity index (χ3n) is 3.91. The standard InChI is InChI=1S/C17H19N5O2S2/c1-2-7-25-17-20-16(21-22-17)19-14(23)12-9-26-15(18-12)11-3-4-13-10(8-11)5-6-24-13/h3-4,8-9,14,23H,2,5-7H2,1H3,(H2,19,20,21,22). The number of thiazole rings is 1. The number of aliphatic hydroxyl groups excluding tert-OH is 1. The number of aliphatic hydroxyl groups is 1. The van der Waals surface area contributed by atoms with E-state index in [4.69, 9.17) is 4.74 Å². The molecule has 3 heterocycles. The molecule has 0 fully saturated rings. The van der Waals surface area contributed by atoms with E-state index >= 15 is 0 Å². The van der Waals surface area contributed by atoms with Crippen LogP contribution in [0.4, 0.5) is 5.95 Å². The molecule has 1 atom stereocenters. The molecule has 0 saturated carbocycles. The van der Waals surface area contributed by atoms with E-state index in [9.17, 15) is 5.11 Å². The number of aromatic amines is 1. The maximum atomic E-state index is 10.4. The third-order valence-corrected chi connectivity index (χ3v) is 5.87. The molecule has 0 radical (unpaired) electrons. The number of hydrogen-bond acceptors (Lipinski definition) is 8. The molecule has 136 valence electrons. The quantitative estimate of drug-likeness (QED) is 0.420. The largest absolute Gasteiger partial charge is 0.493 e. The first-order valence-corrected chi connectivity index (χ1v) is 10.3. The molecule has 1 aliphatic heterocycles. The molecule has 0 aliphatic carbocycles. The number of benzene rings is 1. The normalized spacial score (nSPS) is 14.1. The Labute approximate surface area is 159 Å². The van der Waals surface area contributed by atoms with Crippen LogP contribution in [0.3, 0.4) is 0 Å². The lowest BCUT2D eigenvalue weighted by Crippen LogP contribution is -2.11. The summed E-state index contributed by atoms with van der Waals surface area (Å²) >= 11 is 3.08. The first kappa shape index (κ1) is 17.3. The summed E-state index contributed by atoms with van der Waals surface area (Å²) in [5.41, 5.74) is 2.80. The number of nitrogens with zero attached hydrogens (tertiary/aromatic N) is 3. The summed E-state index contributed by atoms with van der Waals surface area (Å²) in [7, 11) is 0. The second-order valence-corrected chi connectivity index (χ2v) is 7.78. The van der Waals surface area contributed by atoms with Crippen molar-refractivity contribution in [2.75, 3.05) is 17.7 Å². The third kappa shape index (κ3) is 3.69. The zero-order chi connectivity index (χ0) is 17.9. The molecule has 0 bridgehead atoms. The Morgan fingerprint density at radius 1 is 1.42 bits per heavy atom. The fraction of sp³-hybridized carbons (Fsp3) is 0.353. The van der Waals surface area contributed by atoms with Crippen molar-refractivity contribution in [3.05, 3.63) is 34.8 Å². The van der Waals surface area contributed by atoms with E-state index in [0.717, 1.165) is 41.5 Å². The van der Waals surface area contributed by atoms with Crippen LogP contribution in [0.25, 0.3) is 10.6 Å². The summed E-state index contributed by atoms with van der Waals surface area (Å²) < 4.78 is 5.54. The summed E-state index contributed by atoms with van der Waals surface area (Å²) in [5.74, 6) is 2.34. The van der Waals surface area contributed by atoms with E-state index in [2.05, 4.69) is 38.5 Å². The number of rotatable bonds is 7. The molecular weight excluding hydrogens is 370 g/mol. The second-order valence-electron chi connectivity index (χ2n) is 5.86. The number of hydrogen-bond donors (Lipinski definition) is 3. The lowest BCUT2D eigenvalue weighted by Gasteiger charge is -2.08. The zero-order valence-corrected chi connectivity index (χ0v) is 15.9. The lowest BCUT2D eigenvalue weighted by atomic mass is 10.1. The van der Waals surface area contributed by atoms with Crippen LogP contribution in [0.5, 0.6) is 5.75 Å². The SMILES string of the molecule is CCCSc1n[nH]c(NC(O)c2csc(-c3ccc4c(c3)CCO4)n2)n1. The molecule has 0 saturated heterocycles. The Bertz CT molecular complexity index is 895. The van der Waals surface area contributed by atoms with Crippen molar-refractivity contribution in [1.82, 2.24) is 20.2 Å². The maximum Gasteiger partial charge on any atom is 0.221 e. The molecule has 0 spiro atoms. The van der Waals surface area contributed by atoms with Gasteiger partial charge in [0.1, 0.15) is 16.5 Å². The van der Waals surface area contributed by atoms with Gasteiger partial charge in [0.2, 0.25) is 11.1 Å². The van der Waals surface area contributed by atoms with Crippen LogP contribution in [0.2, 0.25) is 0 Å². The van der Waals surface area contributed by atoms with E-state index in [1.807, 2.05) is 17.5 Å². The fourth-order valence-corrected chi connectivity index (χ4v) is 4.12. The number of ether oxygens (including phenoxy) is 1. The van der Waals surface area contributed by atoms with E-state index in [1.165, 1.54) is 16.9 Å². The predicted octanol–water partition coefficient (Wildman–Crippen LogP) is 3.47. The van der Waals surface area contributed by atoms with Gasteiger partial charge in [-0.1, -0.05) is 18.7 Å². The van der Waals surface area contributed by atoms with Gasteiger partial charge in [-0.3, -0.25) is 0 Å². The molecule has 4 rings (SSSR count). The Kier molecular flexibility index (Phi) is 5.09. The Morgan fingerprint density at radius 3 is 3.23 bits per heavy atom. The molecule has 9 heteroatoms. The molecule has 7 nitrogen and oxygen atoms in total. The van der Waals surface area contributed by atoms with Crippen LogP contribution < -0.4 is 10.1 Å². The molecule has 1 aromatic carbocycles. The number of aromatic nitrogens is 4.